The Labute approximate surface area is 96.1 Å². The Bertz CT molecular complexity index is 657. The Kier molecular flexibility index (Phi) is 1.87. The number of nitrogens with two attached hydrogens (primary N) is 1. The molecule has 0 saturated carbocycles. The summed E-state index contributed by atoms with van der Waals surface area (Å²) in [7, 11) is 0. The Balaban J connectivity index is 2.61. The zero-order chi connectivity index (χ0) is 10.4. The van der Waals surface area contributed by atoms with Gasteiger partial charge < -0.3 is 5.73 Å². The Morgan fingerprint density at radius 2 is 1.93 bits per heavy atom. The van der Waals surface area contributed by atoms with Gasteiger partial charge in [0.15, 0.2) is 0 Å². The summed E-state index contributed by atoms with van der Waals surface area (Å²) in [4.78, 5) is 0. The summed E-state index contributed by atoms with van der Waals surface area (Å²) in [6.45, 7) is 0. The Morgan fingerprint density at radius 3 is 2.80 bits per heavy atom. The van der Waals surface area contributed by atoms with Crippen LogP contribution in [0, 0.1) is 0 Å². The standard InChI is InChI=1S/C12H8ClNS/c13-9-2-1-3-11-12(9)8-6-7(14)4-5-10(8)15-11/h1-6H,14H2. The molecule has 0 bridgehead atoms. The van der Waals surface area contributed by atoms with Gasteiger partial charge in [-0.15, -0.1) is 11.3 Å². The normalized spacial score (nSPS) is 11.3. The number of hydrogen-bond acceptors (Lipinski definition) is 2. The van der Waals surface area contributed by atoms with Crippen molar-refractivity contribution in [2.24, 2.45) is 0 Å². The van der Waals surface area contributed by atoms with E-state index in [1.54, 1.807) is 11.3 Å². The SMILES string of the molecule is Nc1ccc2sc3cccc(Cl)c3c2c1. The topological polar surface area (TPSA) is 26.0 Å². The molecule has 74 valence electrons. The van der Waals surface area contributed by atoms with Crippen LogP contribution in [-0.2, 0) is 0 Å². The Hall–Kier alpha value is -1.25. The summed E-state index contributed by atoms with van der Waals surface area (Å²) in [5, 5.41) is 3.07. The van der Waals surface area contributed by atoms with Crippen molar-refractivity contribution < 1.29 is 0 Å². The molecule has 3 rings (SSSR count). The van der Waals surface area contributed by atoms with Gasteiger partial charge in [-0.05, 0) is 30.3 Å². The minimum atomic E-state index is 0.780. The van der Waals surface area contributed by atoms with Crippen LogP contribution in [0.3, 0.4) is 0 Å². The molecule has 0 aliphatic rings. The number of fused-ring (bicyclic) bond motifs is 3. The van der Waals surface area contributed by atoms with Gasteiger partial charge in [0.05, 0.1) is 0 Å². The molecule has 0 unspecified atom stereocenters. The van der Waals surface area contributed by atoms with Gasteiger partial charge in [-0.3, -0.25) is 0 Å². The van der Waals surface area contributed by atoms with E-state index in [9.17, 15) is 0 Å². The molecular formula is C12H8ClNS. The molecule has 0 aliphatic heterocycles. The second-order valence-corrected chi connectivity index (χ2v) is 4.96. The van der Waals surface area contributed by atoms with Crippen molar-refractivity contribution in [1.29, 1.82) is 0 Å². The van der Waals surface area contributed by atoms with Gasteiger partial charge in [-0.25, -0.2) is 0 Å². The monoisotopic (exact) mass is 233 g/mol. The summed E-state index contributed by atoms with van der Waals surface area (Å²) in [6.07, 6.45) is 0. The van der Waals surface area contributed by atoms with Crippen LogP contribution in [0.2, 0.25) is 5.02 Å². The molecule has 1 heterocycles. The van der Waals surface area contributed by atoms with E-state index in [0.29, 0.717) is 0 Å². The van der Waals surface area contributed by atoms with Gasteiger partial charge in [-0.1, -0.05) is 17.7 Å². The van der Waals surface area contributed by atoms with E-state index in [4.69, 9.17) is 17.3 Å². The zero-order valence-corrected chi connectivity index (χ0v) is 9.40. The first-order chi connectivity index (χ1) is 7.25. The molecule has 0 aliphatic carbocycles. The van der Waals surface area contributed by atoms with Crippen LogP contribution in [0.25, 0.3) is 20.2 Å². The lowest BCUT2D eigenvalue weighted by Crippen LogP contribution is -1.81. The average molecular weight is 234 g/mol. The van der Waals surface area contributed by atoms with Gasteiger partial charge in [0, 0.05) is 30.9 Å². The molecule has 15 heavy (non-hydrogen) atoms. The van der Waals surface area contributed by atoms with Crippen LogP contribution in [-0.4, -0.2) is 0 Å². The van der Waals surface area contributed by atoms with Crippen molar-refractivity contribution in [2.45, 2.75) is 0 Å². The lowest BCUT2D eigenvalue weighted by atomic mass is 10.1. The van der Waals surface area contributed by atoms with E-state index in [1.165, 1.54) is 9.40 Å². The van der Waals surface area contributed by atoms with Gasteiger partial charge >= 0.3 is 0 Å². The lowest BCUT2D eigenvalue weighted by molar-refractivity contribution is 1.79. The summed E-state index contributed by atoms with van der Waals surface area (Å²) in [5.41, 5.74) is 6.57. The van der Waals surface area contributed by atoms with Crippen LogP contribution in [0.15, 0.2) is 36.4 Å². The van der Waals surface area contributed by atoms with E-state index in [1.807, 2.05) is 30.3 Å². The van der Waals surface area contributed by atoms with Crippen molar-refractivity contribution in [1.82, 2.24) is 0 Å². The summed E-state index contributed by atoms with van der Waals surface area (Å²) in [6, 6.07) is 11.9. The molecule has 0 saturated heterocycles. The van der Waals surface area contributed by atoms with Gasteiger partial charge in [0.2, 0.25) is 0 Å². The molecule has 1 aromatic heterocycles. The lowest BCUT2D eigenvalue weighted by Gasteiger charge is -1.95. The highest BCUT2D eigenvalue weighted by Crippen LogP contribution is 2.38. The van der Waals surface area contributed by atoms with Crippen molar-refractivity contribution in [3.05, 3.63) is 41.4 Å². The third-order valence-corrected chi connectivity index (χ3v) is 3.92. The van der Waals surface area contributed by atoms with Crippen LogP contribution in [0.1, 0.15) is 0 Å². The average Bonchev–Trinajstić information content (AvgIpc) is 2.57. The molecule has 0 fully saturated rings. The number of nitrogen functional groups attached to an aromatic ring is 1. The molecule has 0 atom stereocenters. The smallest absolute Gasteiger partial charge is 0.0499 e. The molecule has 0 amide bonds. The summed E-state index contributed by atoms with van der Waals surface area (Å²) < 4.78 is 2.44. The largest absolute Gasteiger partial charge is 0.399 e. The Morgan fingerprint density at radius 1 is 1.07 bits per heavy atom. The van der Waals surface area contributed by atoms with E-state index < -0.39 is 0 Å². The summed E-state index contributed by atoms with van der Waals surface area (Å²) in [5.74, 6) is 0. The molecular weight excluding hydrogens is 226 g/mol. The summed E-state index contributed by atoms with van der Waals surface area (Å²) >= 11 is 7.94. The fourth-order valence-corrected chi connectivity index (χ4v) is 3.25. The van der Waals surface area contributed by atoms with Gasteiger partial charge in [-0.2, -0.15) is 0 Å². The second kappa shape index (κ2) is 3.12. The highest BCUT2D eigenvalue weighted by molar-refractivity contribution is 7.26. The predicted octanol–water partition coefficient (Wildman–Crippen LogP) is 4.29. The van der Waals surface area contributed by atoms with E-state index in [0.717, 1.165) is 21.5 Å². The quantitative estimate of drug-likeness (QED) is 0.576. The molecule has 0 spiro atoms. The zero-order valence-electron chi connectivity index (χ0n) is 7.83. The van der Waals surface area contributed by atoms with Crippen LogP contribution < -0.4 is 5.73 Å². The maximum absolute atomic E-state index is 6.20. The number of halogens is 1. The second-order valence-electron chi connectivity index (χ2n) is 3.47. The first kappa shape index (κ1) is 9.01. The first-order valence-electron chi connectivity index (χ1n) is 4.62. The molecule has 1 nitrogen and oxygen atoms in total. The third kappa shape index (κ3) is 1.29. The fourth-order valence-electron chi connectivity index (χ4n) is 1.80. The highest BCUT2D eigenvalue weighted by Gasteiger charge is 2.07. The van der Waals surface area contributed by atoms with Crippen LogP contribution >= 0.6 is 22.9 Å². The van der Waals surface area contributed by atoms with Gasteiger partial charge in [0.1, 0.15) is 0 Å². The minimum Gasteiger partial charge on any atom is -0.399 e. The molecule has 2 N–H and O–H groups in total. The van der Waals surface area contributed by atoms with Crippen LogP contribution in [0.4, 0.5) is 5.69 Å². The third-order valence-electron chi connectivity index (χ3n) is 2.47. The molecule has 0 radical (unpaired) electrons. The van der Waals surface area contributed by atoms with Crippen molar-refractivity contribution >= 4 is 48.8 Å². The number of anilines is 1. The molecule has 3 aromatic rings. The number of rotatable bonds is 0. The number of thiophene rings is 1. The maximum Gasteiger partial charge on any atom is 0.0499 e. The maximum atomic E-state index is 6.20. The predicted molar refractivity (Wildman–Crippen MR) is 68.8 cm³/mol. The van der Waals surface area contributed by atoms with E-state index in [2.05, 4.69) is 6.07 Å². The first-order valence-corrected chi connectivity index (χ1v) is 5.81. The van der Waals surface area contributed by atoms with Crippen molar-refractivity contribution in [3.8, 4) is 0 Å². The molecule has 3 heteroatoms. The fraction of sp³-hybridized carbons (Fsp3) is 0. The van der Waals surface area contributed by atoms with Gasteiger partial charge in [0.25, 0.3) is 0 Å². The van der Waals surface area contributed by atoms with E-state index in [-0.39, 0.29) is 0 Å². The highest BCUT2D eigenvalue weighted by atomic mass is 35.5. The van der Waals surface area contributed by atoms with E-state index >= 15 is 0 Å². The van der Waals surface area contributed by atoms with Crippen molar-refractivity contribution in [2.75, 3.05) is 5.73 Å². The minimum absolute atomic E-state index is 0.780. The molecule has 2 aromatic carbocycles. The number of benzene rings is 2. The van der Waals surface area contributed by atoms with Crippen molar-refractivity contribution in [3.63, 3.8) is 0 Å². The number of hydrogen-bond donors (Lipinski definition) is 1. The van der Waals surface area contributed by atoms with Crippen LogP contribution in [0.5, 0.6) is 0 Å².